The number of amides is 2. The highest BCUT2D eigenvalue weighted by atomic mass is 16.5. The minimum absolute atomic E-state index is 0.0231. The smallest absolute Gasteiger partial charge is 0.315 e. The van der Waals surface area contributed by atoms with Crippen molar-refractivity contribution in [3.05, 3.63) is 35.9 Å². The predicted molar refractivity (Wildman–Crippen MR) is 71.4 cm³/mol. The van der Waals surface area contributed by atoms with Crippen molar-refractivity contribution in [2.75, 3.05) is 6.61 Å². The Labute approximate surface area is 112 Å². The second kappa shape index (κ2) is 5.19. The maximum absolute atomic E-state index is 11.8. The van der Waals surface area contributed by atoms with Gasteiger partial charge in [0.05, 0.1) is 12.1 Å². The number of fused-ring (bicyclic) bond motifs is 1. The fourth-order valence-corrected chi connectivity index (χ4v) is 2.91. The number of hydrogen-bond acceptors (Lipinski definition) is 3. The Morgan fingerprint density at radius 3 is 2.95 bits per heavy atom. The molecule has 0 bridgehead atoms. The van der Waals surface area contributed by atoms with Crippen molar-refractivity contribution in [3.8, 4) is 0 Å². The number of carbonyl (C=O) groups is 1. The molecule has 1 heterocycles. The molecule has 2 fully saturated rings. The molecule has 3 rings (SSSR count). The van der Waals surface area contributed by atoms with Crippen LogP contribution in [0.5, 0.6) is 0 Å². The van der Waals surface area contributed by atoms with Gasteiger partial charge in [-0.25, -0.2) is 4.79 Å². The zero-order valence-corrected chi connectivity index (χ0v) is 10.7. The van der Waals surface area contributed by atoms with Gasteiger partial charge in [-0.2, -0.15) is 0 Å². The fourth-order valence-electron chi connectivity index (χ4n) is 2.91. The first-order valence-corrected chi connectivity index (χ1v) is 6.71. The lowest BCUT2D eigenvalue weighted by atomic mass is 9.72. The van der Waals surface area contributed by atoms with E-state index in [1.165, 1.54) is 0 Å². The predicted octanol–water partition coefficient (Wildman–Crippen LogP) is 0.600. The van der Waals surface area contributed by atoms with E-state index in [0.717, 1.165) is 18.6 Å². The molecule has 5 heteroatoms. The third-order valence-corrected chi connectivity index (χ3v) is 4.04. The van der Waals surface area contributed by atoms with Crippen LogP contribution < -0.4 is 16.4 Å². The number of nitrogens with two attached hydrogens (primary N) is 1. The Morgan fingerprint density at radius 1 is 1.37 bits per heavy atom. The summed E-state index contributed by atoms with van der Waals surface area (Å²) in [5.74, 6) is 0.416. The number of ether oxygens (including phenoxy) is 1. The molecule has 0 aromatic heterocycles. The van der Waals surface area contributed by atoms with Crippen LogP contribution in [0, 0.1) is 5.92 Å². The molecule has 2 amide bonds. The Balaban J connectivity index is 1.47. The highest BCUT2D eigenvalue weighted by molar-refractivity contribution is 5.74. The van der Waals surface area contributed by atoms with E-state index in [-0.39, 0.29) is 24.2 Å². The molecule has 1 saturated heterocycles. The first-order valence-electron chi connectivity index (χ1n) is 6.71. The lowest BCUT2D eigenvalue weighted by Crippen LogP contribution is -2.69. The van der Waals surface area contributed by atoms with Crippen molar-refractivity contribution in [1.29, 1.82) is 0 Å². The SMILES string of the molecule is NC1C2CCOC2C1NC(=O)NCc1ccccc1. The van der Waals surface area contributed by atoms with Gasteiger partial charge >= 0.3 is 6.03 Å². The zero-order chi connectivity index (χ0) is 13.2. The van der Waals surface area contributed by atoms with E-state index in [9.17, 15) is 4.79 Å². The molecular weight excluding hydrogens is 242 g/mol. The molecule has 5 nitrogen and oxygen atoms in total. The Morgan fingerprint density at radius 2 is 2.16 bits per heavy atom. The van der Waals surface area contributed by atoms with E-state index >= 15 is 0 Å². The van der Waals surface area contributed by atoms with E-state index in [0.29, 0.717) is 12.5 Å². The average molecular weight is 261 g/mol. The monoisotopic (exact) mass is 261 g/mol. The molecule has 4 N–H and O–H groups in total. The van der Waals surface area contributed by atoms with Gasteiger partial charge in [-0.15, -0.1) is 0 Å². The second-order valence-electron chi connectivity index (χ2n) is 5.20. The van der Waals surface area contributed by atoms with Crippen molar-refractivity contribution in [3.63, 3.8) is 0 Å². The number of nitrogens with one attached hydrogen (secondary N) is 2. The topological polar surface area (TPSA) is 76.4 Å². The summed E-state index contributed by atoms with van der Waals surface area (Å²) in [7, 11) is 0. The normalized spacial score (nSPS) is 32.3. The second-order valence-corrected chi connectivity index (χ2v) is 5.20. The maximum Gasteiger partial charge on any atom is 0.315 e. The molecule has 4 atom stereocenters. The Bertz CT molecular complexity index is 451. The summed E-state index contributed by atoms with van der Waals surface area (Å²) in [5.41, 5.74) is 7.12. The Kier molecular flexibility index (Phi) is 3.40. The molecule has 0 spiro atoms. The number of hydrogen-bond donors (Lipinski definition) is 3. The summed E-state index contributed by atoms with van der Waals surface area (Å²) in [6.07, 6.45) is 1.12. The van der Waals surface area contributed by atoms with Crippen LogP contribution in [0.25, 0.3) is 0 Å². The highest BCUT2D eigenvalue weighted by Crippen LogP contribution is 2.37. The van der Waals surface area contributed by atoms with Gasteiger partial charge < -0.3 is 21.1 Å². The van der Waals surface area contributed by atoms with E-state index in [4.69, 9.17) is 10.5 Å². The molecule has 1 saturated carbocycles. The minimum Gasteiger partial charge on any atom is -0.376 e. The van der Waals surface area contributed by atoms with Crippen molar-refractivity contribution < 1.29 is 9.53 Å². The molecule has 4 unspecified atom stereocenters. The zero-order valence-electron chi connectivity index (χ0n) is 10.7. The highest BCUT2D eigenvalue weighted by Gasteiger charge is 2.52. The van der Waals surface area contributed by atoms with Gasteiger partial charge in [0, 0.05) is 25.1 Å². The summed E-state index contributed by atoms with van der Waals surface area (Å²) in [5, 5.41) is 5.75. The van der Waals surface area contributed by atoms with Gasteiger partial charge in [-0.05, 0) is 12.0 Å². The first kappa shape index (κ1) is 12.4. The molecule has 1 aliphatic heterocycles. The van der Waals surface area contributed by atoms with E-state index in [1.54, 1.807) is 0 Å². The summed E-state index contributed by atoms with van der Waals surface area (Å²) >= 11 is 0. The van der Waals surface area contributed by atoms with Crippen LogP contribution in [-0.2, 0) is 11.3 Å². The quantitative estimate of drug-likeness (QED) is 0.745. The van der Waals surface area contributed by atoms with Gasteiger partial charge in [0.15, 0.2) is 0 Å². The summed E-state index contributed by atoms with van der Waals surface area (Å²) in [6, 6.07) is 9.60. The van der Waals surface area contributed by atoms with Gasteiger partial charge in [0.1, 0.15) is 0 Å². The van der Waals surface area contributed by atoms with Crippen LogP contribution in [-0.4, -0.2) is 30.8 Å². The van der Waals surface area contributed by atoms with Crippen LogP contribution in [0.1, 0.15) is 12.0 Å². The number of carbonyl (C=O) groups excluding carboxylic acids is 1. The summed E-state index contributed by atoms with van der Waals surface area (Å²) < 4.78 is 5.58. The van der Waals surface area contributed by atoms with Crippen LogP contribution in [0.2, 0.25) is 0 Å². The number of benzene rings is 1. The van der Waals surface area contributed by atoms with Crippen molar-refractivity contribution in [1.82, 2.24) is 10.6 Å². The number of rotatable bonds is 3. The Hall–Kier alpha value is -1.59. The van der Waals surface area contributed by atoms with E-state index in [2.05, 4.69) is 10.6 Å². The average Bonchev–Trinajstić information content (AvgIpc) is 2.88. The lowest BCUT2D eigenvalue weighted by molar-refractivity contribution is -0.0135. The molecule has 102 valence electrons. The van der Waals surface area contributed by atoms with E-state index < -0.39 is 0 Å². The first-order chi connectivity index (χ1) is 9.25. The van der Waals surface area contributed by atoms with Crippen LogP contribution in [0.4, 0.5) is 4.79 Å². The maximum atomic E-state index is 11.8. The molecule has 1 aromatic rings. The van der Waals surface area contributed by atoms with Crippen molar-refractivity contribution >= 4 is 6.03 Å². The summed E-state index contributed by atoms with van der Waals surface area (Å²) in [6.45, 7) is 1.27. The van der Waals surface area contributed by atoms with Gasteiger partial charge in [-0.3, -0.25) is 0 Å². The molecule has 1 aliphatic carbocycles. The van der Waals surface area contributed by atoms with Crippen LogP contribution >= 0.6 is 0 Å². The van der Waals surface area contributed by atoms with Gasteiger partial charge in [0.25, 0.3) is 0 Å². The molecule has 2 aliphatic rings. The van der Waals surface area contributed by atoms with Gasteiger partial charge in [-0.1, -0.05) is 30.3 Å². The lowest BCUT2D eigenvalue weighted by Gasteiger charge is -2.45. The summed E-state index contributed by atoms with van der Waals surface area (Å²) in [4.78, 5) is 11.8. The van der Waals surface area contributed by atoms with Crippen molar-refractivity contribution in [2.45, 2.75) is 31.2 Å². The van der Waals surface area contributed by atoms with Crippen LogP contribution in [0.15, 0.2) is 30.3 Å². The molecular formula is C14H19N3O2. The molecule has 1 aromatic carbocycles. The van der Waals surface area contributed by atoms with Gasteiger partial charge in [0.2, 0.25) is 0 Å². The number of urea groups is 1. The fraction of sp³-hybridized carbons (Fsp3) is 0.500. The van der Waals surface area contributed by atoms with Crippen molar-refractivity contribution in [2.24, 2.45) is 11.7 Å². The third-order valence-electron chi connectivity index (χ3n) is 4.04. The molecule has 19 heavy (non-hydrogen) atoms. The van der Waals surface area contributed by atoms with Crippen LogP contribution in [0.3, 0.4) is 0 Å². The molecule has 0 radical (unpaired) electrons. The van der Waals surface area contributed by atoms with E-state index in [1.807, 2.05) is 30.3 Å². The third kappa shape index (κ3) is 2.43. The largest absolute Gasteiger partial charge is 0.376 e. The standard InChI is InChI=1S/C14H19N3O2/c15-11-10-6-7-19-13(10)12(11)17-14(18)16-8-9-4-2-1-3-5-9/h1-5,10-13H,6-8,15H2,(H2,16,17,18). The minimum atomic E-state index is -0.182.